The molecule has 1 N–H and O–H groups in total. The van der Waals surface area contributed by atoms with Gasteiger partial charge in [0.15, 0.2) is 0 Å². The van der Waals surface area contributed by atoms with Crippen molar-refractivity contribution >= 4 is 11.6 Å². The Labute approximate surface area is 108 Å². The molecule has 0 fully saturated rings. The first-order valence-electron chi connectivity index (χ1n) is 6.27. The highest BCUT2D eigenvalue weighted by Crippen LogP contribution is 2.21. The van der Waals surface area contributed by atoms with Gasteiger partial charge in [-0.3, -0.25) is 4.68 Å². The van der Waals surface area contributed by atoms with Crippen LogP contribution in [0.2, 0.25) is 5.02 Å². The molecule has 0 amide bonds. The van der Waals surface area contributed by atoms with Crippen LogP contribution in [0.1, 0.15) is 32.2 Å². The fourth-order valence-corrected chi connectivity index (χ4v) is 2.02. The lowest BCUT2D eigenvalue weighted by molar-refractivity contribution is 0.149. The van der Waals surface area contributed by atoms with Crippen molar-refractivity contribution in [3.63, 3.8) is 0 Å². The lowest BCUT2D eigenvalue weighted by Gasteiger charge is -2.07. The molecule has 0 saturated carbocycles. The van der Waals surface area contributed by atoms with Crippen LogP contribution in [-0.4, -0.2) is 29.5 Å². The van der Waals surface area contributed by atoms with E-state index < -0.39 is 0 Å². The summed E-state index contributed by atoms with van der Waals surface area (Å²) in [6.45, 7) is 10.1. The molecule has 0 radical (unpaired) electrons. The van der Waals surface area contributed by atoms with E-state index in [2.05, 4.69) is 24.3 Å². The normalized spacial score (nSPS) is 11.1. The van der Waals surface area contributed by atoms with Crippen molar-refractivity contribution in [1.82, 2.24) is 15.1 Å². The molecular formula is C12H22ClN3O. The third-order valence-corrected chi connectivity index (χ3v) is 3.05. The SMILES string of the molecule is CCOCCNCc1c(Cl)c(CC)nn1CC. The molecule has 0 aliphatic heterocycles. The summed E-state index contributed by atoms with van der Waals surface area (Å²) in [7, 11) is 0. The van der Waals surface area contributed by atoms with Crippen LogP contribution in [0.4, 0.5) is 0 Å². The zero-order valence-electron chi connectivity index (χ0n) is 10.9. The minimum absolute atomic E-state index is 0.731. The van der Waals surface area contributed by atoms with Crippen LogP contribution < -0.4 is 5.32 Å². The Hall–Kier alpha value is -0.580. The summed E-state index contributed by atoms with van der Waals surface area (Å²) in [5.41, 5.74) is 2.05. The predicted octanol–water partition coefficient (Wildman–Crippen LogP) is 2.24. The molecule has 0 aliphatic rings. The Morgan fingerprint density at radius 2 is 2.12 bits per heavy atom. The predicted molar refractivity (Wildman–Crippen MR) is 70.5 cm³/mol. The number of ether oxygens (including phenoxy) is 1. The van der Waals surface area contributed by atoms with Gasteiger partial charge < -0.3 is 10.1 Å². The van der Waals surface area contributed by atoms with Crippen LogP contribution in [-0.2, 0) is 24.2 Å². The summed E-state index contributed by atoms with van der Waals surface area (Å²) >= 11 is 6.29. The first-order chi connectivity index (χ1) is 8.24. The van der Waals surface area contributed by atoms with Crippen molar-refractivity contribution in [3.8, 4) is 0 Å². The van der Waals surface area contributed by atoms with Crippen molar-refractivity contribution in [1.29, 1.82) is 0 Å². The number of hydrogen-bond donors (Lipinski definition) is 1. The number of aromatic nitrogens is 2. The molecule has 1 rings (SSSR count). The molecule has 0 bridgehead atoms. The number of nitrogens with one attached hydrogen (secondary N) is 1. The van der Waals surface area contributed by atoms with Crippen LogP contribution >= 0.6 is 11.6 Å². The topological polar surface area (TPSA) is 39.1 Å². The van der Waals surface area contributed by atoms with Gasteiger partial charge in [0.25, 0.3) is 0 Å². The van der Waals surface area contributed by atoms with Gasteiger partial charge >= 0.3 is 0 Å². The smallest absolute Gasteiger partial charge is 0.0863 e. The number of rotatable bonds is 8. The standard InChI is InChI=1S/C12H22ClN3O/c1-4-10-12(13)11(16(5-2)15-10)9-14-7-8-17-6-3/h14H,4-9H2,1-3H3. The Bertz CT molecular complexity index is 339. The molecule has 1 heterocycles. The fourth-order valence-electron chi connectivity index (χ4n) is 1.68. The third-order valence-electron chi connectivity index (χ3n) is 2.61. The Kier molecular flexibility index (Phi) is 6.55. The molecule has 1 aromatic rings. The van der Waals surface area contributed by atoms with Gasteiger partial charge in [0, 0.05) is 26.2 Å². The second kappa shape index (κ2) is 7.69. The largest absolute Gasteiger partial charge is 0.380 e. The summed E-state index contributed by atoms with van der Waals surface area (Å²) in [6, 6.07) is 0. The zero-order chi connectivity index (χ0) is 12.7. The molecule has 0 aromatic carbocycles. The zero-order valence-corrected chi connectivity index (χ0v) is 11.7. The van der Waals surface area contributed by atoms with Gasteiger partial charge in [-0.1, -0.05) is 18.5 Å². The summed E-state index contributed by atoms with van der Waals surface area (Å²) in [6.07, 6.45) is 0.873. The quantitative estimate of drug-likeness (QED) is 0.728. The van der Waals surface area contributed by atoms with Crippen LogP contribution in [0.15, 0.2) is 0 Å². The van der Waals surface area contributed by atoms with E-state index in [1.165, 1.54) is 0 Å². The van der Waals surface area contributed by atoms with Gasteiger partial charge in [-0.05, 0) is 20.3 Å². The molecule has 5 heteroatoms. The van der Waals surface area contributed by atoms with E-state index in [1.807, 2.05) is 11.6 Å². The second-order valence-electron chi connectivity index (χ2n) is 3.75. The van der Waals surface area contributed by atoms with E-state index in [0.29, 0.717) is 0 Å². The van der Waals surface area contributed by atoms with Crippen LogP contribution in [0.3, 0.4) is 0 Å². The van der Waals surface area contributed by atoms with E-state index in [0.717, 1.165) is 55.7 Å². The van der Waals surface area contributed by atoms with Gasteiger partial charge in [-0.25, -0.2) is 0 Å². The maximum atomic E-state index is 6.29. The molecular weight excluding hydrogens is 238 g/mol. The van der Waals surface area contributed by atoms with Gasteiger partial charge in [0.2, 0.25) is 0 Å². The van der Waals surface area contributed by atoms with Gasteiger partial charge in [0.1, 0.15) is 0 Å². The van der Waals surface area contributed by atoms with Crippen LogP contribution in [0, 0.1) is 0 Å². The minimum Gasteiger partial charge on any atom is -0.380 e. The second-order valence-corrected chi connectivity index (χ2v) is 4.13. The summed E-state index contributed by atoms with van der Waals surface area (Å²) in [4.78, 5) is 0. The highest BCUT2D eigenvalue weighted by molar-refractivity contribution is 6.31. The van der Waals surface area contributed by atoms with E-state index in [9.17, 15) is 0 Å². The van der Waals surface area contributed by atoms with Gasteiger partial charge in [-0.15, -0.1) is 0 Å². The number of halogens is 1. The third kappa shape index (κ3) is 3.98. The minimum atomic E-state index is 0.731. The average molecular weight is 260 g/mol. The molecule has 1 aromatic heterocycles. The molecule has 0 unspecified atom stereocenters. The Morgan fingerprint density at radius 3 is 2.71 bits per heavy atom. The van der Waals surface area contributed by atoms with Crippen LogP contribution in [0.5, 0.6) is 0 Å². The van der Waals surface area contributed by atoms with Crippen LogP contribution in [0.25, 0.3) is 0 Å². The first kappa shape index (κ1) is 14.5. The first-order valence-corrected chi connectivity index (χ1v) is 6.64. The van der Waals surface area contributed by atoms with E-state index in [1.54, 1.807) is 0 Å². The van der Waals surface area contributed by atoms with Gasteiger partial charge in [-0.2, -0.15) is 5.10 Å². The molecule has 98 valence electrons. The molecule has 0 aliphatic carbocycles. The molecule has 0 atom stereocenters. The van der Waals surface area contributed by atoms with E-state index >= 15 is 0 Å². The van der Waals surface area contributed by atoms with E-state index in [4.69, 9.17) is 16.3 Å². The lowest BCUT2D eigenvalue weighted by atomic mass is 10.3. The summed E-state index contributed by atoms with van der Waals surface area (Å²) in [5, 5.41) is 8.60. The lowest BCUT2D eigenvalue weighted by Crippen LogP contribution is -2.21. The molecule has 4 nitrogen and oxygen atoms in total. The number of nitrogens with zero attached hydrogens (tertiary/aromatic N) is 2. The highest BCUT2D eigenvalue weighted by Gasteiger charge is 2.13. The number of hydrogen-bond acceptors (Lipinski definition) is 3. The highest BCUT2D eigenvalue weighted by atomic mass is 35.5. The maximum Gasteiger partial charge on any atom is 0.0863 e. The van der Waals surface area contributed by atoms with Crippen molar-refractivity contribution < 1.29 is 4.74 Å². The van der Waals surface area contributed by atoms with Crippen molar-refractivity contribution in [2.75, 3.05) is 19.8 Å². The Morgan fingerprint density at radius 1 is 1.35 bits per heavy atom. The fraction of sp³-hybridized carbons (Fsp3) is 0.750. The van der Waals surface area contributed by atoms with Crippen molar-refractivity contribution in [2.45, 2.75) is 40.3 Å². The number of aryl methyl sites for hydroxylation is 2. The summed E-state index contributed by atoms with van der Waals surface area (Å²) < 4.78 is 7.23. The van der Waals surface area contributed by atoms with Crippen molar-refractivity contribution in [3.05, 3.63) is 16.4 Å². The maximum absolute atomic E-state index is 6.29. The monoisotopic (exact) mass is 259 g/mol. The molecule has 0 saturated heterocycles. The Balaban J connectivity index is 2.54. The average Bonchev–Trinajstić information content (AvgIpc) is 2.65. The molecule has 0 spiro atoms. The van der Waals surface area contributed by atoms with E-state index in [-0.39, 0.29) is 0 Å². The molecule has 17 heavy (non-hydrogen) atoms. The van der Waals surface area contributed by atoms with Gasteiger partial charge in [0.05, 0.1) is 23.0 Å². The van der Waals surface area contributed by atoms with Crippen molar-refractivity contribution in [2.24, 2.45) is 0 Å². The summed E-state index contributed by atoms with van der Waals surface area (Å²) in [5.74, 6) is 0.